The van der Waals surface area contributed by atoms with E-state index in [0.717, 1.165) is 22.8 Å². The van der Waals surface area contributed by atoms with Crippen molar-refractivity contribution in [2.45, 2.75) is 26.2 Å². The third kappa shape index (κ3) is 10.3. The second-order valence-corrected chi connectivity index (χ2v) is 12.7. The van der Waals surface area contributed by atoms with Gasteiger partial charge in [0.15, 0.2) is 0 Å². The third-order valence-corrected chi connectivity index (χ3v) is 8.47. The summed E-state index contributed by atoms with van der Waals surface area (Å²) in [7, 11) is 0. The number of carbonyl (C=O) groups is 2. The van der Waals surface area contributed by atoms with Gasteiger partial charge in [-0.2, -0.15) is 0 Å². The fourth-order valence-electron chi connectivity index (χ4n) is 6.00. The van der Waals surface area contributed by atoms with Gasteiger partial charge in [0.1, 0.15) is 0 Å². The molecule has 5 heterocycles. The first-order valence-corrected chi connectivity index (χ1v) is 17.7. The molecule has 0 saturated carbocycles. The monoisotopic (exact) mass is 730 g/mol. The number of pyridine rings is 4. The molecule has 0 aliphatic carbocycles. The molecule has 2 N–H and O–H groups in total. The smallest absolute Gasteiger partial charge is 0.250 e. The number of hydrogen-bond acceptors (Lipinski definition) is 11. The predicted octanol–water partition coefficient (Wildman–Crippen LogP) is 6.27. The van der Waals surface area contributed by atoms with Crippen molar-refractivity contribution in [3.8, 4) is 22.9 Å². The highest BCUT2D eigenvalue weighted by Gasteiger charge is 2.21. The summed E-state index contributed by atoms with van der Waals surface area (Å²) in [5, 5.41) is 14.7. The second kappa shape index (κ2) is 18.2. The van der Waals surface area contributed by atoms with Crippen molar-refractivity contribution < 1.29 is 14.0 Å². The average molecular weight is 731 g/mol. The molecule has 5 aromatic heterocycles. The lowest BCUT2D eigenvalue weighted by Crippen LogP contribution is -2.33. The summed E-state index contributed by atoms with van der Waals surface area (Å²) in [6.45, 7) is 2.02. The number of benzene rings is 2. The molecule has 7 aromatic rings. The molecule has 0 atom stereocenters. The van der Waals surface area contributed by atoms with E-state index in [1.54, 1.807) is 49.1 Å². The van der Waals surface area contributed by atoms with Crippen LogP contribution in [0.5, 0.6) is 0 Å². The zero-order valence-corrected chi connectivity index (χ0v) is 29.9. The topological polar surface area (TPSA) is 155 Å². The lowest BCUT2D eigenvalue weighted by Gasteiger charge is -2.21. The molecule has 0 spiro atoms. The van der Waals surface area contributed by atoms with Gasteiger partial charge >= 0.3 is 0 Å². The summed E-state index contributed by atoms with van der Waals surface area (Å²) in [5.74, 6) is -0.0370. The van der Waals surface area contributed by atoms with E-state index in [2.05, 4.69) is 40.8 Å². The molecule has 55 heavy (non-hydrogen) atoms. The minimum absolute atomic E-state index is 0.0881. The van der Waals surface area contributed by atoms with Crippen LogP contribution in [0.25, 0.3) is 22.9 Å². The minimum Gasteiger partial charge on any atom is -0.416 e. The maximum Gasteiger partial charge on any atom is 0.250 e. The number of rotatable bonds is 16. The Morgan fingerprint density at radius 2 is 0.782 bits per heavy atom. The van der Waals surface area contributed by atoms with Crippen molar-refractivity contribution in [1.29, 1.82) is 0 Å². The number of nitrogens with zero attached hydrogens (tertiary/aromatic N) is 8. The number of carbonyl (C=O) groups excluding carboxylic acids is 2. The molecule has 0 fully saturated rings. The van der Waals surface area contributed by atoms with Crippen LogP contribution in [0, 0.1) is 0 Å². The molecule has 274 valence electrons. The van der Waals surface area contributed by atoms with Gasteiger partial charge in [-0.1, -0.05) is 48.5 Å². The molecule has 0 bridgehead atoms. The molecule has 2 aromatic carbocycles. The molecule has 13 heteroatoms. The predicted molar refractivity (Wildman–Crippen MR) is 208 cm³/mol. The number of nitrogens with one attached hydrogen (secondary N) is 2. The summed E-state index contributed by atoms with van der Waals surface area (Å²) in [4.78, 5) is 48.8. The molecule has 0 saturated heterocycles. The standard InChI is InChI=1S/C42H38N10O3/c53-39(29-51(25-31-13-5-9-21-43-31)26-32-14-6-10-22-44-32)47-37-19-3-1-17-35(37)41-49-50-42(55-41)36-18-2-4-20-38(36)48-40(54)30-52(27-33-15-7-11-23-45-33)28-34-16-8-12-24-46-34/h1-24H,25-30H2,(H,47,53)(H,48,54). The van der Waals surface area contributed by atoms with Crippen LogP contribution in [0.15, 0.2) is 151 Å². The highest BCUT2D eigenvalue weighted by molar-refractivity contribution is 5.97. The van der Waals surface area contributed by atoms with E-state index in [1.165, 1.54) is 0 Å². The van der Waals surface area contributed by atoms with Gasteiger partial charge in [0, 0.05) is 51.0 Å². The van der Waals surface area contributed by atoms with Crippen LogP contribution in [-0.2, 0) is 35.8 Å². The fourth-order valence-corrected chi connectivity index (χ4v) is 6.00. The van der Waals surface area contributed by atoms with E-state index in [-0.39, 0.29) is 36.7 Å². The van der Waals surface area contributed by atoms with Crippen molar-refractivity contribution in [3.05, 3.63) is 169 Å². The Morgan fingerprint density at radius 3 is 1.11 bits per heavy atom. The first-order chi connectivity index (χ1) is 27.1. The number of para-hydroxylation sites is 2. The largest absolute Gasteiger partial charge is 0.416 e. The summed E-state index contributed by atoms with van der Waals surface area (Å²) in [6.07, 6.45) is 6.94. The SMILES string of the molecule is O=C(CN(Cc1ccccn1)Cc1ccccn1)Nc1ccccc1-c1nnc(-c2ccccc2NC(=O)CN(Cc2ccccn2)Cc2ccccn2)o1. The third-order valence-electron chi connectivity index (χ3n) is 8.47. The van der Waals surface area contributed by atoms with Gasteiger partial charge < -0.3 is 15.1 Å². The molecule has 0 aliphatic heterocycles. The summed E-state index contributed by atoms with van der Waals surface area (Å²) < 4.78 is 6.20. The molecular weight excluding hydrogens is 693 g/mol. The van der Waals surface area contributed by atoms with Gasteiger partial charge in [-0.3, -0.25) is 39.3 Å². The van der Waals surface area contributed by atoms with Crippen LogP contribution >= 0.6 is 0 Å². The maximum absolute atomic E-state index is 13.5. The molecular formula is C42H38N10O3. The summed E-state index contributed by atoms with van der Waals surface area (Å²) in [6, 6.07) is 37.3. The zero-order valence-electron chi connectivity index (χ0n) is 29.9. The quantitative estimate of drug-likeness (QED) is 0.116. The molecule has 0 unspecified atom stereocenters. The van der Waals surface area contributed by atoms with E-state index in [0.29, 0.717) is 48.7 Å². The van der Waals surface area contributed by atoms with E-state index in [9.17, 15) is 9.59 Å². The molecule has 7 rings (SSSR count). The fraction of sp³-hybridized carbons (Fsp3) is 0.143. The highest BCUT2D eigenvalue weighted by Crippen LogP contribution is 2.32. The molecule has 13 nitrogen and oxygen atoms in total. The summed E-state index contributed by atoms with van der Waals surface area (Å²) >= 11 is 0. The van der Waals surface area contributed by atoms with E-state index in [1.807, 2.05) is 107 Å². The second-order valence-electron chi connectivity index (χ2n) is 12.7. The lowest BCUT2D eigenvalue weighted by molar-refractivity contribution is -0.118. The Morgan fingerprint density at radius 1 is 0.455 bits per heavy atom. The number of anilines is 2. The number of amides is 2. The van der Waals surface area contributed by atoms with E-state index >= 15 is 0 Å². The van der Waals surface area contributed by atoms with Gasteiger partial charge in [0.05, 0.1) is 58.4 Å². The molecule has 0 radical (unpaired) electrons. The van der Waals surface area contributed by atoms with Crippen molar-refractivity contribution in [2.24, 2.45) is 0 Å². The first kappa shape index (κ1) is 36.4. The number of aromatic nitrogens is 6. The van der Waals surface area contributed by atoms with E-state index in [4.69, 9.17) is 4.42 Å². The van der Waals surface area contributed by atoms with Crippen molar-refractivity contribution in [1.82, 2.24) is 39.9 Å². The van der Waals surface area contributed by atoms with Gasteiger partial charge in [0.2, 0.25) is 23.6 Å². The van der Waals surface area contributed by atoms with Crippen LogP contribution < -0.4 is 10.6 Å². The minimum atomic E-state index is -0.229. The van der Waals surface area contributed by atoms with Crippen molar-refractivity contribution in [3.63, 3.8) is 0 Å². The van der Waals surface area contributed by atoms with Gasteiger partial charge in [-0.05, 0) is 72.8 Å². The van der Waals surface area contributed by atoms with Gasteiger partial charge in [-0.15, -0.1) is 10.2 Å². The van der Waals surface area contributed by atoms with Gasteiger partial charge in [0.25, 0.3) is 0 Å². The zero-order chi connectivity index (χ0) is 37.7. The average Bonchev–Trinajstić information content (AvgIpc) is 3.70. The van der Waals surface area contributed by atoms with Crippen LogP contribution in [0.3, 0.4) is 0 Å². The van der Waals surface area contributed by atoms with Gasteiger partial charge in [-0.25, -0.2) is 0 Å². The maximum atomic E-state index is 13.5. The Bertz CT molecular complexity index is 2050. The van der Waals surface area contributed by atoms with Crippen LogP contribution in [0.4, 0.5) is 11.4 Å². The first-order valence-electron chi connectivity index (χ1n) is 17.7. The van der Waals surface area contributed by atoms with Crippen molar-refractivity contribution in [2.75, 3.05) is 23.7 Å². The Hall–Kier alpha value is -6.96. The molecule has 2 amide bonds. The van der Waals surface area contributed by atoms with Crippen LogP contribution in [0.1, 0.15) is 22.8 Å². The lowest BCUT2D eigenvalue weighted by atomic mass is 10.1. The Labute approximate surface area is 318 Å². The Kier molecular flexibility index (Phi) is 12.0. The van der Waals surface area contributed by atoms with Crippen LogP contribution in [-0.4, -0.2) is 64.8 Å². The number of hydrogen-bond donors (Lipinski definition) is 2. The summed E-state index contributed by atoms with van der Waals surface area (Å²) in [5.41, 5.74) is 5.50. The van der Waals surface area contributed by atoms with E-state index < -0.39 is 0 Å². The Balaban J connectivity index is 1.05. The van der Waals surface area contributed by atoms with Crippen molar-refractivity contribution >= 4 is 23.2 Å². The molecule has 0 aliphatic rings. The highest BCUT2D eigenvalue weighted by atomic mass is 16.4. The van der Waals surface area contributed by atoms with Crippen LogP contribution in [0.2, 0.25) is 0 Å². The normalized spacial score (nSPS) is 11.1.